The number of rotatable bonds is 10. The Balaban J connectivity index is 1.49. The van der Waals surface area contributed by atoms with E-state index in [9.17, 15) is 9.59 Å². The summed E-state index contributed by atoms with van der Waals surface area (Å²) in [6.07, 6.45) is 2.74. The second-order valence-corrected chi connectivity index (χ2v) is 24.1. The van der Waals surface area contributed by atoms with Crippen molar-refractivity contribution in [2.45, 2.75) is 83.7 Å². The first-order valence-corrected chi connectivity index (χ1v) is 21.5. The van der Waals surface area contributed by atoms with Gasteiger partial charge >= 0.3 is 0 Å². The predicted octanol–water partition coefficient (Wildman–Crippen LogP) is 8.96. The molecule has 2 N–H and O–H groups in total. The first-order valence-electron chi connectivity index (χ1n) is 14.8. The summed E-state index contributed by atoms with van der Waals surface area (Å²) >= 11 is 1.56. The molecular weight excluding hydrogens is 587 g/mol. The van der Waals surface area contributed by atoms with E-state index < -0.39 is 16.6 Å². The zero-order valence-electron chi connectivity index (χ0n) is 26.9. The number of hydrogen-bond donors (Lipinski definition) is 2. The Kier molecular flexibility index (Phi) is 9.51. The lowest BCUT2D eigenvalue weighted by Gasteiger charge is -2.36. The topological polar surface area (TPSA) is 84.3 Å². The van der Waals surface area contributed by atoms with Gasteiger partial charge in [-0.3, -0.25) is 4.79 Å². The van der Waals surface area contributed by atoms with Crippen LogP contribution in [0.3, 0.4) is 0 Å². The number of anilines is 1. The van der Waals surface area contributed by atoms with Crippen LogP contribution < -0.4 is 9.74 Å². The van der Waals surface area contributed by atoms with Crippen molar-refractivity contribution < 1.29 is 14.0 Å². The highest BCUT2D eigenvalue weighted by atomic mass is 32.1. The van der Waals surface area contributed by atoms with E-state index in [1.165, 1.54) is 0 Å². The Morgan fingerprint density at radius 1 is 0.930 bits per heavy atom. The molecule has 2 aromatic carbocycles. The lowest BCUT2D eigenvalue weighted by Crippen LogP contribution is -2.43. The number of nitrogens with one attached hydrogen (secondary N) is 1. The Morgan fingerprint density at radius 3 is 2.12 bits per heavy atom. The smallest absolute Gasteiger partial charge is 0.250 e. The van der Waals surface area contributed by atoms with Gasteiger partial charge in [-0.2, -0.15) is 0 Å². The monoisotopic (exact) mass is 631 g/mol. The van der Waals surface area contributed by atoms with E-state index in [4.69, 9.17) is 9.41 Å². The number of benzene rings is 2. The third-order valence-corrected chi connectivity index (χ3v) is 17.5. The van der Waals surface area contributed by atoms with E-state index >= 15 is 0 Å². The zero-order valence-corrected chi connectivity index (χ0v) is 29.7. The molecule has 2 aromatic heterocycles. The van der Waals surface area contributed by atoms with Crippen molar-refractivity contribution in [1.29, 1.82) is 0 Å². The van der Waals surface area contributed by atoms with Crippen molar-refractivity contribution in [1.82, 2.24) is 9.97 Å². The molecule has 4 rings (SSSR count). The summed E-state index contributed by atoms with van der Waals surface area (Å²) in [5, 5.41) is 4.96. The van der Waals surface area contributed by atoms with Gasteiger partial charge in [-0.25, -0.2) is 9.97 Å². The third-order valence-electron chi connectivity index (χ3n) is 8.80. The fourth-order valence-electron chi connectivity index (χ4n) is 4.21. The SMILES string of the molecule is CC(C)(Cc1ccc(CC(=O)Nc2ncc(-c3ccc(O[Si](C)(C)C(C)(C)C)cc3)nc2-c2cccs2)cc1)[Si](C)(C)O. The maximum absolute atomic E-state index is 13.1. The number of thiophene rings is 1. The standard InChI is InChI=1S/C34H45N3O3SSi2/c1-33(2,3)43(8,9)40-27-18-16-26(17-19-27)28-23-35-32(31(36-28)29-11-10-20-41-29)37-30(38)21-24-12-14-25(15-13-24)22-34(4,5)42(6,7)39/h10-20,23,39H,21-22H2,1-9H3,(H,35,37,38). The molecule has 0 saturated carbocycles. The molecule has 43 heavy (non-hydrogen) atoms. The van der Waals surface area contributed by atoms with Gasteiger partial charge in [0.1, 0.15) is 11.4 Å². The summed E-state index contributed by atoms with van der Waals surface area (Å²) in [6.45, 7) is 19.4. The van der Waals surface area contributed by atoms with Crippen LogP contribution in [0, 0.1) is 0 Å². The Labute approximate surface area is 262 Å². The first-order chi connectivity index (χ1) is 19.9. The maximum atomic E-state index is 13.1. The molecule has 0 unspecified atom stereocenters. The second kappa shape index (κ2) is 12.5. The van der Waals surface area contributed by atoms with Gasteiger partial charge in [0.15, 0.2) is 14.1 Å². The van der Waals surface area contributed by atoms with Crippen LogP contribution >= 0.6 is 11.3 Å². The summed E-state index contributed by atoms with van der Waals surface area (Å²) < 4.78 is 6.44. The van der Waals surface area contributed by atoms with Gasteiger partial charge in [-0.1, -0.05) is 65.0 Å². The normalized spacial score (nSPS) is 12.7. The number of nitrogens with zero attached hydrogens (tertiary/aromatic N) is 2. The molecule has 4 aromatic rings. The van der Waals surface area contributed by atoms with E-state index in [0.29, 0.717) is 11.5 Å². The molecule has 2 heterocycles. The van der Waals surface area contributed by atoms with Crippen molar-refractivity contribution in [2.75, 3.05) is 5.32 Å². The average molecular weight is 632 g/mol. The largest absolute Gasteiger partial charge is 0.544 e. The van der Waals surface area contributed by atoms with Gasteiger partial charge in [-0.15, -0.1) is 11.3 Å². The summed E-state index contributed by atoms with van der Waals surface area (Å²) in [5.74, 6) is 1.16. The van der Waals surface area contributed by atoms with Crippen LogP contribution in [0.25, 0.3) is 21.8 Å². The van der Waals surface area contributed by atoms with Crippen molar-refractivity contribution in [2.24, 2.45) is 0 Å². The molecule has 228 valence electrons. The van der Waals surface area contributed by atoms with E-state index in [0.717, 1.165) is 39.4 Å². The van der Waals surface area contributed by atoms with Crippen LogP contribution in [0.1, 0.15) is 45.7 Å². The van der Waals surface area contributed by atoms with E-state index in [2.05, 4.69) is 70.1 Å². The van der Waals surface area contributed by atoms with Gasteiger partial charge in [0.25, 0.3) is 0 Å². The van der Waals surface area contributed by atoms with Gasteiger partial charge in [0, 0.05) is 5.56 Å². The fourth-order valence-corrected chi connectivity index (χ4v) is 6.59. The van der Waals surface area contributed by atoms with Crippen molar-refractivity contribution in [3.05, 3.63) is 83.4 Å². The molecule has 0 saturated heterocycles. The molecule has 6 nitrogen and oxygen atoms in total. The minimum absolute atomic E-state index is 0.118. The summed E-state index contributed by atoms with van der Waals surface area (Å²) in [7, 11) is -4.24. The van der Waals surface area contributed by atoms with Crippen molar-refractivity contribution in [3.8, 4) is 27.6 Å². The minimum Gasteiger partial charge on any atom is -0.544 e. The number of carbonyl (C=O) groups is 1. The van der Waals surface area contributed by atoms with E-state index in [1.807, 2.05) is 67.0 Å². The highest BCUT2D eigenvalue weighted by molar-refractivity contribution is 7.13. The number of hydrogen-bond acceptors (Lipinski definition) is 6. The molecule has 1 amide bonds. The first kappa shape index (κ1) is 32.8. The zero-order chi connectivity index (χ0) is 31.6. The molecule has 0 aliphatic carbocycles. The number of carbonyl (C=O) groups excluding carboxylic acids is 1. The molecule has 9 heteroatoms. The van der Waals surface area contributed by atoms with Crippen LogP contribution in [0.4, 0.5) is 5.82 Å². The van der Waals surface area contributed by atoms with Gasteiger partial charge < -0.3 is 14.5 Å². The van der Waals surface area contributed by atoms with E-state index in [-0.39, 0.29) is 22.4 Å². The fraction of sp³-hybridized carbons (Fsp3) is 0.382. The Bertz CT molecular complexity index is 1540. The van der Waals surface area contributed by atoms with E-state index in [1.54, 1.807) is 17.5 Å². The van der Waals surface area contributed by atoms with Crippen LogP contribution in [-0.2, 0) is 17.6 Å². The molecule has 0 bridgehead atoms. The van der Waals surface area contributed by atoms with Crippen LogP contribution in [-0.4, -0.2) is 37.3 Å². The molecular formula is C34H45N3O3SSi2. The van der Waals surface area contributed by atoms with Gasteiger partial charge in [-0.05, 0) is 89.5 Å². The lowest BCUT2D eigenvalue weighted by atomic mass is 10.00. The summed E-state index contributed by atoms with van der Waals surface area (Å²) in [4.78, 5) is 34.3. The third kappa shape index (κ3) is 8.09. The highest BCUT2D eigenvalue weighted by Gasteiger charge is 2.39. The molecule has 0 radical (unpaired) electrons. The predicted molar refractivity (Wildman–Crippen MR) is 185 cm³/mol. The molecule has 0 aliphatic heterocycles. The quantitative estimate of drug-likeness (QED) is 0.171. The number of aromatic nitrogens is 2. The highest BCUT2D eigenvalue weighted by Crippen LogP contribution is 2.39. The van der Waals surface area contributed by atoms with Gasteiger partial charge in [0.2, 0.25) is 14.2 Å². The summed E-state index contributed by atoms with van der Waals surface area (Å²) in [6, 6.07) is 20.1. The average Bonchev–Trinajstić information content (AvgIpc) is 3.44. The lowest BCUT2D eigenvalue weighted by molar-refractivity contribution is -0.115. The van der Waals surface area contributed by atoms with Crippen LogP contribution in [0.5, 0.6) is 5.75 Å². The Morgan fingerprint density at radius 2 is 1.56 bits per heavy atom. The molecule has 0 spiro atoms. The van der Waals surface area contributed by atoms with Crippen LogP contribution in [0.2, 0.25) is 36.3 Å². The Hall–Kier alpha value is -3.12. The minimum atomic E-state index is -2.30. The van der Waals surface area contributed by atoms with Crippen molar-refractivity contribution in [3.63, 3.8) is 0 Å². The van der Waals surface area contributed by atoms with Gasteiger partial charge in [0.05, 0.1) is 23.2 Å². The maximum Gasteiger partial charge on any atom is 0.250 e. The second-order valence-electron chi connectivity index (χ2n) is 14.0. The molecule has 0 fully saturated rings. The molecule has 0 atom stereocenters. The number of amides is 1. The molecule has 0 aliphatic rings. The van der Waals surface area contributed by atoms with Crippen molar-refractivity contribution >= 4 is 39.7 Å². The van der Waals surface area contributed by atoms with Crippen LogP contribution in [0.15, 0.2) is 72.2 Å². The summed E-state index contributed by atoms with van der Waals surface area (Å²) in [5.41, 5.74) is 4.39.